The number of likely N-dealkylation sites (N-methyl/N-ethyl adjacent to an activating group) is 1. The normalized spacial score (nSPS) is 18.0. The molecule has 3 aromatic carbocycles. The molecule has 0 saturated heterocycles. The number of aliphatic hydroxyl groups excluding tert-OH is 1. The molecule has 1 aliphatic carbocycles. The molecule has 0 radical (unpaired) electrons. The summed E-state index contributed by atoms with van der Waals surface area (Å²) in [6.07, 6.45) is -0.139. The van der Waals surface area contributed by atoms with Gasteiger partial charge in [0.1, 0.15) is 25.1 Å². The SMILES string of the molecule is C=CCOC(=O)N(C)C[C@@H]1Oc2ccc(NC(=O)OCC3c4ccccc4-c4ccccc43)cc2CC(=O)N([C@@H](C)CO)C[C@H]1C. The van der Waals surface area contributed by atoms with E-state index in [4.69, 9.17) is 14.2 Å². The van der Waals surface area contributed by atoms with Crippen LogP contribution in [0.4, 0.5) is 15.3 Å². The highest BCUT2D eigenvalue weighted by atomic mass is 16.6. The summed E-state index contributed by atoms with van der Waals surface area (Å²) in [5.41, 5.74) is 5.54. The lowest BCUT2D eigenvalue weighted by Gasteiger charge is -2.33. The van der Waals surface area contributed by atoms with E-state index in [9.17, 15) is 19.5 Å². The molecule has 10 nitrogen and oxygen atoms in total. The smallest absolute Gasteiger partial charge is 0.411 e. The van der Waals surface area contributed by atoms with Gasteiger partial charge in [0.05, 0.1) is 25.6 Å². The van der Waals surface area contributed by atoms with Crippen molar-refractivity contribution in [2.75, 3.05) is 45.3 Å². The number of ether oxygens (including phenoxy) is 3. The van der Waals surface area contributed by atoms with Gasteiger partial charge in [0.15, 0.2) is 0 Å². The maximum Gasteiger partial charge on any atom is 0.411 e. The van der Waals surface area contributed by atoms with Crippen molar-refractivity contribution in [3.05, 3.63) is 96.1 Å². The third kappa shape index (κ3) is 7.18. The Hall–Kier alpha value is -4.83. The van der Waals surface area contributed by atoms with Gasteiger partial charge in [-0.05, 0) is 47.4 Å². The summed E-state index contributed by atoms with van der Waals surface area (Å²) in [6.45, 7) is 7.87. The number of carbonyl (C=O) groups is 3. The molecule has 242 valence electrons. The number of anilines is 1. The summed E-state index contributed by atoms with van der Waals surface area (Å²) in [7, 11) is 1.62. The van der Waals surface area contributed by atoms with E-state index in [1.54, 1.807) is 37.1 Å². The van der Waals surface area contributed by atoms with E-state index in [2.05, 4.69) is 36.2 Å². The first-order valence-electron chi connectivity index (χ1n) is 15.5. The molecule has 2 aliphatic rings. The van der Waals surface area contributed by atoms with E-state index in [1.807, 2.05) is 31.2 Å². The molecule has 5 rings (SSSR count). The van der Waals surface area contributed by atoms with Crippen LogP contribution in [-0.4, -0.2) is 85.1 Å². The van der Waals surface area contributed by atoms with Crippen molar-refractivity contribution in [3.8, 4) is 16.9 Å². The van der Waals surface area contributed by atoms with E-state index in [0.717, 1.165) is 22.3 Å². The van der Waals surface area contributed by atoms with E-state index < -0.39 is 24.3 Å². The molecule has 1 aliphatic heterocycles. The van der Waals surface area contributed by atoms with Crippen LogP contribution in [0, 0.1) is 5.92 Å². The molecule has 46 heavy (non-hydrogen) atoms. The second kappa shape index (κ2) is 14.5. The lowest BCUT2D eigenvalue weighted by Crippen LogP contribution is -2.48. The fourth-order valence-corrected chi connectivity index (χ4v) is 6.06. The van der Waals surface area contributed by atoms with Gasteiger partial charge in [-0.15, -0.1) is 0 Å². The standard InChI is InChI=1S/C36H41N3O7/c1-5-16-44-36(43)38(4)20-33-23(2)19-39(24(3)21-40)34(41)18-25-17-26(14-15-32(25)46-33)37-35(42)45-22-31-29-12-8-6-10-27(29)28-11-7-9-13-30(28)31/h5-15,17,23-24,31,33,40H,1,16,18-22H2,2-4H3,(H,37,42)/t23-,24+,33+/m1/s1. The van der Waals surface area contributed by atoms with Gasteiger partial charge in [0.25, 0.3) is 0 Å². The summed E-state index contributed by atoms with van der Waals surface area (Å²) < 4.78 is 17.4. The Kier molecular flexibility index (Phi) is 10.3. The molecule has 1 heterocycles. The zero-order valence-corrected chi connectivity index (χ0v) is 26.5. The van der Waals surface area contributed by atoms with Gasteiger partial charge in [0.2, 0.25) is 5.91 Å². The van der Waals surface area contributed by atoms with Crippen LogP contribution < -0.4 is 10.1 Å². The lowest BCUT2D eigenvalue weighted by atomic mass is 9.98. The molecule has 2 N–H and O–H groups in total. The number of aliphatic hydroxyl groups is 1. The molecule has 3 atom stereocenters. The van der Waals surface area contributed by atoms with Crippen molar-refractivity contribution in [3.63, 3.8) is 0 Å². The summed E-state index contributed by atoms with van der Waals surface area (Å²) in [5, 5.41) is 12.7. The van der Waals surface area contributed by atoms with Crippen LogP contribution in [0.25, 0.3) is 11.1 Å². The first kappa shape index (κ1) is 32.6. The van der Waals surface area contributed by atoms with Crippen LogP contribution >= 0.6 is 0 Å². The highest BCUT2D eigenvalue weighted by molar-refractivity contribution is 5.86. The Morgan fingerprint density at radius 2 is 1.78 bits per heavy atom. The average Bonchev–Trinajstić information content (AvgIpc) is 3.40. The third-order valence-corrected chi connectivity index (χ3v) is 8.60. The van der Waals surface area contributed by atoms with Gasteiger partial charge in [-0.2, -0.15) is 0 Å². The number of carbonyl (C=O) groups excluding carboxylic acids is 3. The lowest BCUT2D eigenvalue weighted by molar-refractivity contribution is -0.134. The Labute approximate surface area is 269 Å². The van der Waals surface area contributed by atoms with Crippen molar-refractivity contribution in [2.45, 2.75) is 38.3 Å². The molecule has 3 amide bonds. The van der Waals surface area contributed by atoms with Crippen molar-refractivity contribution >= 4 is 23.8 Å². The largest absolute Gasteiger partial charge is 0.488 e. The second-order valence-electron chi connectivity index (χ2n) is 11.9. The Morgan fingerprint density at radius 3 is 2.43 bits per heavy atom. The monoisotopic (exact) mass is 627 g/mol. The van der Waals surface area contributed by atoms with Crippen LogP contribution in [-0.2, 0) is 20.7 Å². The van der Waals surface area contributed by atoms with Gasteiger partial charge in [-0.25, -0.2) is 9.59 Å². The van der Waals surface area contributed by atoms with E-state index in [-0.39, 0.29) is 50.5 Å². The highest BCUT2D eigenvalue weighted by Crippen LogP contribution is 2.44. The minimum Gasteiger partial charge on any atom is -0.488 e. The van der Waals surface area contributed by atoms with Crippen LogP contribution in [0.3, 0.4) is 0 Å². The molecule has 3 aromatic rings. The number of benzene rings is 3. The Morgan fingerprint density at radius 1 is 1.11 bits per heavy atom. The van der Waals surface area contributed by atoms with E-state index >= 15 is 0 Å². The number of amides is 3. The van der Waals surface area contributed by atoms with Crippen LogP contribution in [0.15, 0.2) is 79.4 Å². The molecule has 0 spiro atoms. The van der Waals surface area contributed by atoms with Crippen LogP contribution in [0.5, 0.6) is 5.75 Å². The van der Waals surface area contributed by atoms with Gasteiger partial charge < -0.3 is 29.1 Å². The predicted molar refractivity (Wildman–Crippen MR) is 175 cm³/mol. The number of nitrogens with one attached hydrogen (secondary N) is 1. The quantitative estimate of drug-likeness (QED) is 0.303. The topological polar surface area (TPSA) is 118 Å². The summed E-state index contributed by atoms with van der Waals surface area (Å²) >= 11 is 0. The van der Waals surface area contributed by atoms with Crippen molar-refractivity contribution in [1.82, 2.24) is 9.80 Å². The molecule has 0 saturated carbocycles. The first-order chi connectivity index (χ1) is 22.2. The minimum atomic E-state index is -0.612. The van der Waals surface area contributed by atoms with Gasteiger partial charge in [0, 0.05) is 36.7 Å². The molecule has 0 aromatic heterocycles. The van der Waals surface area contributed by atoms with Gasteiger partial charge in [-0.3, -0.25) is 10.1 Å². The maximum atomic E-state index is 13.5. The molecular weight excluding hydrogens is 586 g/mol. The highest BCUT2D eigenvalue weighted by Gasteiger charge is 2.33. The van der Waals surface area contributed by atoms with Crippen LogP contribution in [0.1, 0.15) is 36.5 Å². The second-order valence-corrected chi connectivity index (χ2v) is 11.9. The molecule has 0 fully saturated rings. The van der Waals surface area contributed by atoms with Gasteiger partial charge in [-0.1, -0.05) is 68.1 Å². The third-order valence-electron chi connectivity index (χ3n) is 8.60. The molecular formula is C36H41N3O7. The van der Waals surface area contributed by atoms with Crippen molar-refractivity contribution < 1.29 is 33.7 Å². The summed E-state index contributed by atoms with van der Waals surface area (Å²) in [4.78, 5) is 42.1. The minimum absolute atomic E-state index is 0.00343. The number of rotatable bonds is 9. The van der Waals surface area contributed by atoms with E-state index in [0.29, 0.717) is 23.5 Å². The number of fused-ring (bicyclic) bond motifs is 4. The molecule has 0 bridgehead atoms. The summed E-state index contributed by atoms with van der Waals surface area (Å²) in [6, 6.07) is 21.0. The first-order valence-corrected chi connectivity index (χ1v) is 15.5. The fraction of sp³-hybridized carbons (Fsp3) is 0.361. The van der Waals surface area contributed by atoms with Crippen molar-refractivity contribution in [2.24, 2.45) is 5.92 Å². The summed E-state index contributed by atoms with van der Waals surface area (Å²) in [5.74, 6) is 0.0112. The number of nitrogens with zero attached hydrogens (tertiary/aromatic N) is 2. The zero-order chi connectivity index (χ0) is 32.8. The van der Waals surface area contributed by atoms with Crippen LogP contribution in [0.2, 0.25) is 0 Å². The zero-order valence-electron chi connectivity index (χ0n) is 26.5. The van der Waals surface area contributed by atoms with E-state index in [1.165, 1.54) is 11.0 Å². The molecule has 0 unspecified atom stereocenters. The predicted octanol–water partition coefficient (Wildman–Crippen LogP) is 5.45. The fourth-order valence-electron chi connectivity index (χ4n) is 6.06. The number of hydrogen-bond acceptors (Lipinski definition) is 7. The maximum absolute atomic E-state index is 13.5. The Bertz CT molecular complexity index is 1550. The number of hydrogen-bond donors (Lipinski definition) is 2. The van der Waals surface area contributed by atoms with Crippen molar-refractivity contribution in [1.29, 1.82) is 0 Å². The Balaban J connectivity index is 1.33. The molecule has 10 heteroatoms. The van der Waals surface area contributed by atoms with Gasteiger partial charge >= 0.3 is 12.2 Å². The average molecular weight is 628 g/mol.